The molecule has 0 saturated heterocycles. The maximum Gasteiger partial charge on any atom is 0.253 e. The van der Waals surface area contributed by atoms with Gasteiger partial charge in [0.25, 0.3) is 5.91 Å². The van der Waals surface area contributed by atoms with Crippen LogP contribution in [0.2, 0.25) is 0 Å². The molecule has 2 atom stereocenters. The number of hydrogen-bond donors (Lipinski definition) is 3. The highest BCUT2D eigenvalue weighted by Crippen LogP contribution is 2.39. The lowest BCUT2D eigenvalue weighted by atomic mass is 9.67. The van der Waals surface area contributed by atoms with Crippen LogP contribution in [-0.2, 0) is 0 Å². The van der Waals surface area contributed by atoms with Crippen LogP contribution in [-0.4, -0.2) is 28.2 Å². The van der Waals surface area contributed by atoms with Gasteiger partial charge in [-0.25, -0.2) is 0 Å². The summed E-state index contributed by atoms with van der Waals surface area (Å²) in [6, 6.07) is 6.31. The number of H-pyrrole nitrogens is 1. The van der Waals surface area contributed by atoms with Crippen LogP contribution in [0.15, 0.2) is 24.4 Å². The van der Waals surface area contributed by atoms with Gasteiger partial charge in [0.05, 0.1) is 17.3 Å². The van der Waals surface area contributed by atoms with E-state index in [4.69, 9.17) is 5.73 Å². The minimum atomic E-state index is 0. The molecule has 6 heteroatoms. The van der Waals surface area contributed by atoms with E-state index in [0.29, 0.717) is 23.4 Å². The number of aromatic nitrogens is 2. The van der Waals surface area contributed by atoms with Gasteiger partial charge in [-0.05, 0) is 43.6 Å². The van der Waals surface area contributed by atoms with Gasteiger partial charge in [-0.2, -0.15) is 5.10 Å². The van der Waals surface area contributed by atoms with Gasteiger partial charge in [0.15, 0.2) is 0 Å². The van der Waals surface area contributed by atoms with Crippen LogP contribution in [0.1, 0.15) is 42.5 Å². The number of nitrogens with one attached hydrogen (secondary N) is 2. The molecule has 1 heterocycles. The second-order valence-electron chi connectivity index (χ2n) is 6.82. The Labute approximate surface area is 141 Å². The van der Waals surface area contributed by atoms with Crippen LogP contribution in [0.3, 0.4) is 0 Å². The molecule has 4 rings (SSSR count). The fourth-order valence-electron chi connectivity index (χ4n) is 4.41. The van der Waals surface area contributed by atoms with Crippen LogP contribution in [0, 0.1) is 11.8 Å². The number of benzene rings is 1. The minimum absolute atomic E-state index is 0. The second kappa shape index (κ2) is 6.49. The largest absolute Gasteiger partial charge is 0.349 e. The van der Waals surface area contributed by atoms with Crippen molar-refractivity contribution in [2.24, 2.45) is 17.6 Å². The molecule has 23 heavy (non-hydrogen) atoms. The third-order valence-corrected chi connectivity index (χ3v) is 5.40. The van der Waals surface area contributed by atoms with E-state index in [0.717, 1.165) is 23.7 Å². The summed E-state index contributed by atoms with van der Waals surface area (Å²) in [7, 11) is 0. The first-order chi connectivity index (χ1) is 10.7. The third-order valence-electron chi connectivity index (χ3n) is 5.40. The molecule has 0 aliphatic heterocycles. The molecule has 1 aromatic carbocycles. The van der Waals surface area contributed by atoms with Gasteiger partial charge in [0.2, 0.25) is 0 Å². The molecule has 2 saturated carbocycles. The predicted octanol–water partition coefficient (Wildman–Crippen LogP) is 2.62. The van der Waals surface area contributed by atoms with Crippen molar-refractivity contribution < 1.29 is 4.79 Å². The summed E-state index contributed by atoms with van der Waals surface area (Å²) >= 11 is 0. The normalized spacial score (nSPS) is 29.8. The highest BCUT2D eigenvalue weighted by molar-refractivity contribution is 6.05. The molecule has 1 aromatic heterocycles. The zero-order valence-corrected chi connectivity index (χ0v) is 13.8. The number of aromatic amines is 1. The first-order valence-corrected chi connectivity index (χ1v) is 8.21. The average Bonchev–Trinajstić information content (AvgIpc) is 2.96. The molecule has 2 fully saturated rings. The highest BCUT2D eigenvalue weighted by atomic mass is 35.5. The number of fused-ring (bicyclic) bond motifs is 3. The zero-order valence-electron chi connectivity index (χ0n) is 13.0. The van der Waals surface area contributed by atoms with E-state index >= 15 is 0 Å². The SMILES string of the molecule is Cl.NC1CC2CCCC(C1)C2NC(=O)c1cccc2cn[nH]c12. The first kappa shape index (κ1) is 16.3. The van der Waals surface area contributed by atoms with E-state index in [1.54, 1.807) is 6.20 Å². The molecule has 4 N–H and O–H groups in total. The van der Waals surface area contributed by atoms with E-state index in [2.05, 4.69) is 15.5 Å². The number of amides is 1. The molecular formula is C17H23ClN4O. The molecule has 0 radical (unpaired) electrons. The van der Waals surface area contributed by atoms with Crippen LogP contribution in [0.25, 0.3) is 10.9 Å². The molecule has 124 valence electrons. The topological polar surface area (TPSA) is 83.8 Å². The molecule has 2 unspecified atom stereocenters. The number of nitrogens with zero attached hydrogens (tertiary/aromatic N) is 1. The van der Waals surface area contributed by atoms with Gasteiger partial charge in [-0.3, -0.25) is 9.89 Å². The summed E-state index contributed by atoms with van der Waals surface area (Å²) in [5, 5.41) is 11.2. The number of carbonyl (C=O) groups is 1. The van der Waals surface area contributed by atoms with E-state index in [1.165, 1.54) is 19.3 Å². The molecule has 2 bridgehead atoms. The second-order valence-corrected chi connectivity index (χ2v) is 6.82. The monoisotopic (exact) mass is 334 g/mol. The molecule has 0 spiro atoms. The van der Waals surface area contributed by atoms with Crippen molar-refractivity contribution in [3.63, 3.8) is 0 Å². The van der Waals surface area contributed by atoms with Crippen molar-refractivity contribution in [2.45, 2.75) is 44.2 Å². The Balaban J connectivity index is 0.00000156. The summed E-state index contributed by atoms with van der Waals surface area (Å²) < 4.78 is 0. The molecule has 5 nitrogen and oxygen atoms in total. The lowest BCUT2D eigenvalue weighted by molar-refractivity contribution is 0.0757. The highest BCUT2D eigenvalue weighted by Gasteiger charge is 2.40. The summed E-state index contributed by atoms with van der Waals surface area (Å²) in [6.07, 6.45) is 7.46. The Bertz CT molecular complexity index is 687. The fraction of sp³-hybridized carbons (Fsp3) is 0.529. The molecule has 1 amide bonds. The number of hydrogen-bond acceptors (Lipinski definition) is 3. The predicted molar refractivity (Wildman–Crippen MR) is 92.6 cm³/mol. The molecule has 2 aromatic rings. The number of carbonyl (C=O) groups excluding carboxylic acids is 1. The molecule has 2 aliphatic carbocycles. The summed E-state index contributed by atoms with van der Waals surface area (Å²) in [5.74, 6) is 1.08. The van der Waals surface area contributed by atoms with Crippen LogP contribution < -0.4 is 11.1 Å². The number of nitrogens with two attached hydrogens (primary N) is 1. The van der Waals surface area contributed by atoms with Crippen LogP contribution in [0.5, 0.6) is 0 Å². The van der Waals surface area contributed by atoms with Gasteiger partial charge in [-0.1, -0.05) is 18.6 Å². The Morgan fingerprint density at radius 3 is 2.74 bits per heavy atom. The standard InChI is InChI=1S/C17H22N4O.ClH/c18-13-7-10-3-1-4-11(8-13)15(10)20-17(22)14-6-2-5-12-9-19-21-16(12)14;/h2,5-6,9-11,13,15H,1,3-4,7-8,18H2,(H,19,21)(H,20,22);1H. The Morgan fingerprint density at radius 2 is 2.00 bits per heavy atom. The van der Waals surface area contributed by atoms with Crippen molar-refractivity contribution in [2.75, 3.05) is 0 Å². The smallest absolute Gasteiger partial charge is 0.253 e. The van der Waals surface area contributed by atoms with E-state index in [1.807, 2.05) is 18.2 Å². The lowest BCUT2D eigenvalue weighted by Crippen LogP contribution is -2.53. The number of rotatable bonds is 2. The Morgan fingerprint density at radius 1 is 1.26 bits per heavy atom. The summed E-state index contributed by atoms with van der Waals surface area (Å²) in [4.78, 5) is 12.7. The quantitative estimate of drug-likeness (QED) is 0.789. The third kappa shape index (κ3) is 2.95. The Hall–Kier alpha value is -1.59. The van der Waals surface area contributed by atoms with Gasteiger partial charge >= 0.3 is 0 Å². The van der Waals surface area contributed by atoms with Gasteiger partial charge < -0.3 is 11.1 Å². The average molecular weight is 335 g/mol. The van der Waals surface area contributed by atoms with Crippen LogP contribution in [0.4, 0.5) is 0 Å². The Kier molecular flexibility index (Phi) is 4.60. The van der Waals surface area contributed by atoms with Gasteiger partial charge in [0.1, 0.15) is 0 Å². The lowest BCUT2D eigenvalue weighted by Gasteiger charge is -2.45. The van der Waals surface area contributed by atoms with Crippen molar-refractivity contribution in [3.8, 4) is 0 Å². The van der Waals surface area contributed by atoms with Crippen molar-refractivity contribution in [3.05, 3.63) is 30.0 Å². The molecule has 2 aliphatic rings. The maximum atomic E-state index is 12.7. The van der Waals surface area contributed by atoms with Crippen LogP contribution >= 0.6 is 12.4 Å². The summed E-state index contributed by atoms with van der Waals surface area (Å²) in [6.45, 7) is 0. The fourth-order valence-corrected chi connectivity index (χ4v) is 4.41. The van der Waals surface area contributed by atoms with Crippen molar-refractivity contribution in [1.82, 2.24) is 15.5 Å². The first-order valence-electron chi connectivity index (χ1n) is 8.21. The van der Waals surface area contributed by atoms with Crippen molar-refractivity contribution >= 4 is 29.2 Å². The molecular weight excluding hydrogens is 312 g/mol. The van der Waals surface area contributed by atoms with Crippen molar-refractivity contribution in [1.29, 1.82) is 0 Å². The van der Waals surface area contributed by atoms with Gasteiger partial charge in [0, 0.05) is 17.5 Å². The van der Waals surface area contributed by atoms with E-state index in [-0.39, 0.29) is 24.4 Å². The number of halogens is 1. The van der Waals surface area contributed by atoms with E-state index in [9.17, 15) is 4.79 Å². The number of para-hydroxylation sites is 1. The zero-order chi connectivity index (χ0) is 15.1. The van der Waals surface area contributed by atoms with Gasteiger partial charge in [-0.15, -0.1) is 12.4 Å². The van der Waals surface area contributed by atoms with E-state index < -0.39 is 0 Å². The summed E-state index contributed by atoms with van der Waals surface area (Å²) in [5.41, 5.74) is 7.66. The minimum Gasteiger partial charge on any atom is -0.349 e. The maximum absolute atomic E-state index is 12.7.